The van der Waals surface area contributed by atoms with Crippen LogP contribution in [0.15, 0.2) is 66.7 Å². The van der Waals surface area contributed by atoms with Crippen LogP contribution in [0.25, 0.3) is 10.8 Å². The van der Waals surface area contributed by atoms with Gasteiger partial charge in [0.25, 0.3) is 0 Å². The molecule has 0 spiro atoms. The summed E-state index contributed by atoms with van der Waals surface area (Å²) >= 11 is 0. The highest BCUT2D eigenvalue weighted by Crippen LogP contribution is 2.19. The number of fused-ring (bicyclic) bond motifs is 1. The van der Waals surface area contributed by atoms with Gasteiger partial charge in [-0.1, -0.05) is 54.6 Å². The van der Waals surface area contributed by atoms with Gasteiger partial charge in [-0.05, 0) is 40.5 Å². The summed E-state index contributed by atoms with van der Waals surface area (Å²) in [7, 11) is 1.95. The van der Waals surface area contributed by atoms with E-state index in [9.17, 15) is 0 Å². The molecule has 0 saturated carbocycles. The second kappa shape index (κ2) is 5.15. The van der Waals surface area contributed by atoms with Gasteiger partial charge in [-0.15, -0.1) is 0 Å². The lowest BCUT2D eigenvalue weighted by Crippen LogP contribution is -1.92. The Hall–Kier alpha value is -2.28. The van der Waals surface area contributed by atoms with Gasteiger partial charge in [0.05, 0.1) is 0 Å². The van der Waals surface area contributed by atoms with E-state index in [2.05, 4.69) is 72.0 Å². The molecule has 0 aliphatic rings. The molecule has 0 unspecified atom stereocenters. The summed E-state index contributed by atoms with van der Waals surface area (Å²) in [6.45, 7) is 0. The Morgan fingerprint density at radius 3 is 2.37 bits per heavy atom. The number of hydrogen-bond donors (Lipinski definition) is 1. The monoisotopic (exact) mass is 247 g/mol. The molecule has 0 aliphatic heterocycles. The van der Waals surface area contributed by atoms with Crippen LogP contribution >= 0.6 is 0 Å². The third kappa shape index (κ3) is 2.60. The van der Waals surface area contributed by atoms with Gasteiger partial charge in [-0.25, -0.2) is 0 Å². The van der Waals surface area contributed by atoms with Crippen LogP contribution in [0, 0.1) is 0 Å². The van der Waals surface area contributed by atoms with Crippen molar-refractivity contribution in [1.29, 1.82) is 0 Å². The van der Waals surface area contributed by atoms with Gasteiger partial charge < -0.3 is 5.32 Å². The highest BCUT2D eigenvalue weighted by Gasteiger charge is 1.99. The summed E-state index contributed by atoms with van der Waals surface area (Å²) < 4.78 is 0. The molecule has 1 heteroatoms. The number of nitrogens with one attached hydrogen (secondary N) is 1. The van der Waals surface area contributed by atoms with Gasteiger partial charge in [-0.3, -0.25) is 0 Å². The second-order valence-electron chi connectivity index (χ2n) is 4.81. The lowest BCUT2D eigenvalue weighted by Gasteiger charge is -2.06. The maximum atomic E-state index is 3.18. The fourth-order valence-electron chi connectivity index (χ4n) is 2.42. The predicted octanol–water partition coefficient (Wildman–Crippen LogP) is 4.47. The van der Waals surface area contributed by atoms with Crippen LogP contribution in [0.3, 0.4) is 0 Å². The molecule has 3 aromatic carbocycles. The van der Waals surface area contributed by atoms with Crippen molar-refractivity contribution in [1.82, 2.24) is 0 Å². The minimum atomic E-state index is 0.973. The molecule has 0 heterocycles. The molecule has 0 fully saturated rings. The quantitative estimate of drug-likeness (QED) is 0.720. The summed E-state index contributed by atoms with van der Waals surface area (Å²) in [6, 6.07) is 23.8. The standard InChI is InChI=1S/C18H17N/c1-19-18-8-4-5-14(13-18)11-15-9-10-16-6-2-3-7-17(16)12-15/h2-10,12-13,19H,11H2,1H3. The van der Waals surface area contributed by atoms with Gasteiger partial charge in [0.15, 0.2) is 0 Å². The molecule has 0 atom stereocenters. The van der Waals surface area contributed by atoms with Crippen molar-refractivity contribution in [3.63, 3.8) is 0 Å². The van der Waals surface area contributed by atoms with E-state index >= 15 is 0 Å². The zero-order valence-corrected chi connectivity index (χ0v) is 11.1. The largest absolute Gasteiger partial charge is 0.388 e. The van der Waals surface area contributed by atoms with Crippen molar-refractivity contribution >= 4 is 16.5 Å². The van der Waals surface area contributed by atoms with E-state index in [1.54, 1.807) is 0 Å². The topological polar surface area (TPSA) is 12.0 Å². The number of rotatable bonds is 3. The molecular formula is C18H17N. The second-order valence-corrected chi connectivity index (χ2v) is 4.81. The molecule has 0 saturated heterocycles. The van der Waals surface area contributed by atoms with Crippen LogP contribution in [0.1, 0.15) is 11.1 Å². The molecule has 1 N–H and O–H groups in total. The number of anilines is 1. The zero-order chi connectivity index (χ0) is 13.1. The summed E-state index contributed by atoms with van der Waals surface area (Å²) in [5.41, 5.74) is 3.85. The van der Waals surface area contributed by atoms with Crippen molar-refractivity contribution in [3.05, 3.63) is 77.9 Å². The Labute approximate surface area is 113 Å². The first kappa shape index (κ1) is 11.8. The normalized spacial score (nSPS) is 10.6. The summed E-state index contributed by atoms with van der Waals surface area (Å²) in [5.74, 6) is 0. The summed E-state index contributed by atoms with van der Waals surface area (Å²) in [5, 5.41) is 5.79. The minimum Gasteiger partial charge on any atom is -0.388 e. The van der Waals surface area contributed by atoms with Gasteiger partial charge in [0.2, 0.25) is 0 Å². The van der Waals surface area contributed by atoms with E-state index < -0.39 is 0 Å². The fourth-order valence-corrected chi connectivity index (χ4v) is 2.42. The van der Waals surface area contributed by atoms with E-state index in [-0.39, 0.29) is 0 Å². The van der Waals surface area contributed by atoms with Crippen molar-refractivity contribution in [2.24, 2.45) is 0 Å². The maximum Gasteiger partial charge on any atom is 0.0340 e. The Bertz CT molecular complexity index is 701. The fraction of sp³-hybridized carbons (Fsp3) is 0.111. The van der Waals surface area contributed by atoms with E-state index in [1.807, 2.05) is 7.05 Å². The summed E-state index contributed by atoms with van der Waals surface area (Å²) in [4.78, 5) is 0. The van der Waals surface area contributed by atoms with Crippen LogP contribution in [-0.4, -0.2) is 7.05 Å². The molecule has 0 amide bonds. The van der Waals surface area contributed by atoms with Crippen molar-refractivity contribution in [3.8, 4) is 0 Å². The molecule has 19 heavy (non-hydrogen) atoms. The average Bonchev–Trinajstić information content (AvgIpc) is 2.47. The highest BCUT2D eigenvalue weighted by molar-refractivity contribution is 5.83. The first-order valence-corrected chi connectivity index (χ1v) is 6.59. The van der Waals surface area contributed by atoms with Crippen molar-refractivity contribution in [2.45, 2.75) is 6.42 Å². The molecule has 0 aliphatic carbocycles. The van der Waals surface area contributed by atoms with Gasteiger partial charge in [0.1, 0.15) is 0 Å². The predicted molar refractivity (Wildman–Crippen MR) is 82.7 cm³/mol. The molecule has 3 rings (SSSR count). The molecular weight excluding hydrogens is 230 g/mol. The van der Waals surface area contributed by atoms with Crippen LogP contribution in [-0.2, 0) is 6.42 Å². The zero-order valence-electron chi connectivity index (χ0n) is 11.1. The molecule has 1 nitrogen and oxygen atoms in total. The van der Waals surface area contributed by atoms with Gasteiger partial charge in [0, 0.05) is 12.7 Å². The number of hydrogen-bond acceptors (Lipinski definition) is 1. The van der Waals surface area contributed by atoms with Gasteiger partial charge in [-0.2, -0.15) is 0 Å². The van der Waals surface area contributed by atoms with Crippen LogP contribution in [0.5, 0.6) is 0 Å². The molecule has 0 radical (unpaired) electrons. The van der Waals surface area contributed by atoms with Crippen molar-refractivity contribution in [2.75, 3.05) is 12.4 Å². The van der Waals surface area contributed by atoms with Crippen LogP contribution in [0.2, 0.25) is 0 Å². The third-order valence-corrected chi connectivity index (χ3v) is 3.44. The van der Waals surface area contributed by atoms with E-state index in [0.29, 0.717) is 0 Å². The molecule has 3 aromatic rings. The Morgan fingerprint density at radius 1 is 0.737 bits per heavy atom. The van der Waals surface area contributed by atoms with E-state index in [0.717, 1.165) is 6.42 Å². The summed E-state index contributed by atoms with van der Waals surface area (Å²) in [6.07, 6.45) is 0.973. The Morgan fingerprint density at radius 2 is 1.53 bits per heavy atom. The molecule has 94 valence electrons. The van der Waals surface area contributed by atoms with Gasteiger partial charge >= 0.3 is 0 Å². The van der Waals surface area contributed by atoms with Crippen molar-refractivity contribution < 1.29 is 0 Å². The lowest BCUT2D eigenvalue weighted by molar-refractivity contribution is 1.20. The molecule has 0 bridgehead atoms. The smallest absolute Gasteiger partial charge is 0.0340 e. The highest BCUT2D eigenvalue weighted by atomic mass is 14.8. The molecule has 0 aromatic heterocycles. The third-order valence-electron chi connectivity index (χ3n) is 3.44. The Kier molecular flexibility index (Phi) is 3.20. The Balaban J connectivity index is 1.92. The first-order chi connectivity index (χ1) is 9.35. The van der Waals surface area contributed by atoms with E-state index in [4.69, 9.17) is 0 Å². The SMILES string of the molecule is CNc1cccc(Cc2ccc3ccccc3c2)c1. The van der Waals surface area contributed by atoms with Crippen LogP contribution < -0.4 is 5.32 Å². The van der Waals surface area contributed by atoms with Crippen LogP contribution in [0.4, 0.5) is 5.69 Å². The maximum absolute atomic E-state index is 3.18. The lowest BCUT2D eigenvalue weighted by atomic mass is 10.0. The first-order valence-electron chi connectivity index (χ1n) is 6.59. The van der Waals surface area contributed by atoms with E-state index in [1.165, 1.54) is 27.6 Å². The average molecular weight is 247 g/mol. The minimum absolute atomic E-state index is 0.973. The number of benzene rings is 3.